The zero-order chi connectivity index (χ0) is 20.1. The van der Waals surface area contributed by atoms with Crippen molar-refractivity contribution in [2.75, 3.05) is 11.1 Å². The molecule has 0 aliphatic carbocycles. The third-order valence-electron chi connectivity index (χ3n) is 4.93. The van der Waals surface area contributed by atoms with Gasteiger partial charge in [-0.05, 0) is 51.0 Å². The number of amides is 4. The average Bonchev–Trinajstić information content (AvgIpc) is 3.18. The maximum atomic E-state index is 12.1. The van der Waals surface area contributed by atoms with Gasteiger partial charge in [0, 0.05) is 34.7 Å². The van der Waals surface area contributed by atoms with Crippen molar-refractivity contribution in [2.24, 2.45) is 0 Å². The van der Waals surface area contributed by atoms with Gasteiger partial charge in [-0.15, -0.1) is 0 Å². The van der Waals surface area contributed by atoms with Gasteiger partial charge < -0.3 is 21.3 Å². The number of urea groups is 1. The van der Waals surface area contributed by atoms with Crippen LogP contribution in [0.1, 0.15) is 49.9 Å². The topological polar surface area (TPSA) is 99.3 Å². The molecule has 0 bridgehead atoms. The molecule has 2 saturated heterocycles. The number of anilines is 1. The van der Waals surface area contributed by atoms with Crippen LogP contribution in [-0.4, -0.2) is 47.0 Å². The molecule has 2 aliphatic rings. The van der Waals surface area contributed by atoms with Crippen molar-refractivity contribution in [3.63, 3.8) is 0 Å². The van der Waals surface area contributed by atoms with Crippen LogP contribution in [0.4, 0.5) is 10.5 Å². The second kappa shape index (κ2) is 9.32. The lowest BCUT2D eigenvalue weighted by Gasteiger charge is -2.16. The lowest BCUT2D eigenvalue weighted by Crippen LogP contribution is -2.36. The summed E-state index contributed by atoms with van der Waals surface area (Å²) in [5, 5.41) is 12.1. The van der Waals surface area contributed by atoms with Gasteiger partial charge in [0.15, 0.2) is 0 Å². The number of benzene rings is 1. The first-order valence-electron chi connectivity index (χ1n) is 9.82. The fourth-order valence-corrected chi connectivity index (χ4v) is 5.09. The van der Waals surface area contributed by atoms with Crippen molar-refractivity contribution in [1.29, 1.82) is 0 Å². The molecule has 7 nitrogen and oxygen atoms in total. The van der Waals surface area contributed by atoms with Crippen LogP contribution in [-0.2, 0) is 4.79 Å². The van der Waals surface area contributed by atoms with Gasteiger partial charge in [0.25, 0.3) is 5.91 Å². The van der Waals surface area contributed by atoms with Crippen LogP contribution in [0.3, 0.4) is 0 Å². The first kappa shape index (κ1) is 20.5. The molecule has 152 valence electrons. The largest absolute Gasteiger partial charge is 0.350 e. The molecule has 0 aromatic heterocycles. The van der Waals surface area contributed by atoms with Gasteiger partial charge in [-0.1, -0.05) is 6.42 Å². The van der Waals surface area contributed by atoms with E-state index in [2.05, 4.69) is 21.3 Å². The summed E-state index contributed by atoms with van der Waals surface area (Å²) in [6, 6.07) is 7.41. The van der Waals surface area contributed by atoms with E-state index in [0.717, 1.165) is 25.0 Å². The minimum Gasteiger partial charge on any atom is -0.350 e. The number of nitrogens with one attached hydrogen (secondary N) is 4. The van der Waals surface area contributed by atoms with E-state index >= 15 is 0 Å². The van der Waals surface area contributed by atoms with E-state index in [1.165, 1.54) is 0 Å². The Bertz CT molecular complexity index is 723. The number of thioether (sulfide) groups is 1. The molecule has 0 spiro atoms. The molecule has 2 aliphatic heterocycles. The highest BCUT2D eigenvalue weighted by atomic mass is 32.2. The lowest BCUT2D eigenvalue weighted by molar-refractivity contribution is -0.116. The molecule has 1 aromatic carbocycles. The summed E-state index contributed by atoms with van der Waals surface area (Å²) in [5.41, 5.74) is 1.27. The molecular weight excluding hydrogens is 376 g/mol. The number of carbonyl (C=O) groups excluding carboxylic acids is 3. The Morgan fingerprint density at radius 2 is 1.93 bits per heavy atom. The number of rotatable bonds is 8. The van der Waals surface area contributed by atoms with Crippen LogP contribution in [0, 0.1) is 0 Å². The van der Waals surface area contributed by atoms with Gasteiger partial charge in [0.2, 0.25) is 5.91 Å². The Kier molecular flexibility index (Phi) is 6.83. The van der Waals surface area contributed by atoms with Crippen molar-refractivity contribution in [3.8, 4) is 0 Å². The molecular formula is C20H28N4O3S. The Morgan fingerprint density at radius 3 is 2.64 bits per heavy atom. The Labute approximate surface area is 169 Å². The molecule has 8 heteroatoms. The van der Waals surface area contributed by atoms with E-state index in [0.29, 0.717) is 22.9 Å². The number of hydrogen-bond donors (Lipinski definition) is 4. The van der Waals surface area contributed by atoms with E-state index in [9.17, 15) is 14.4 Å². The molecule has 2 fully saturated rings. The Balaban J connectivity index is 1.35. The van der Waals surface area contributed by atoms with Gasteiger partial charge in [-0.2, -0.15) is 11.8 Å². The number of hydrogen-bond acceptors (Lipinski definition) is 4. The van der Waals surface area contributed by atoms with Crippen molar-refractivity contribution in [1.82, 2.24) is 16.0 Å². The van der Waals surface area contributed by atoms with Crippen molar-refractivity contribution in [3.05, 3.63) is 29.8 Å². The van der Waals surface area contributed by atoms with Gasteiger partial charge in [-0.25, -0.2) is 4.79 Å². The molecule has 3 atom stereocenters. The van der Waals surface area contributed by atoms with Gasteiger partial charge in [0.1, 0.15) is 0 Å². The van der Waals surface area contributed by atoms with E-state index in [4.69, 9.17) is 0 Å². The SMILES string of the molecule is CC(C)NC(=O)c1ccc(NC(=O)CCCC[C@@H]2SC[C@@H]3NC(=O)N[C@@H]32)cc1. The number of fused-ring (bicyclic) bond motifs is 1. The predicted octanol–water partition coefficient (Wildman–Crippen LogP) is 2.49. The maximum Gasteiger partial charge on any atom is 0.315 e. The lowest BCUT2D eigenvalue weighted by atomic mass is 10.0. The summed E-state index contributed by atoms with van der Waals surface area (Å²) in [4.78, 5) is 35.5. The zero-order valence-corrected chi connectivity index (χ0v) is 17.1. The Morgan fingerprint density at radius 1 is 1.18 bits per heavy atom. The average molecular weight is 405 g/mol. The molecule has 28 heavy (non-hydrogen) atoms. The van der Waals surface area contributed by atoms with E-state index in [1.54, 1.807) is 24.3 Å². The van der Waals surface area contributed by atoms with E-state index in [-0.39, 0.29) is 36.0 Å². The quantitative estimate of drug-likeness (QED) is 0.395. The molecule has 4 N–H and O–H groups in total. The normalized spacial score (nSPS) is 23.1. The van der Waals surface area contributed by atoms with Crippen LogP contribution in [0.15, 0.2) is 24.3 Å². The van der Waals surface area contributed by atoms with Crippen molar-refractivity contribution in [2.45, 2.75) is 62.9 Å². The highest BCUT2D eigenvalue weighted by Gasteiger charge is 2.42. The zero-order valence-electron chi connectivity index (χ0n) is 16.3. The third kappa shape index (κ3) is 5.41. The van der Waals surface area contributed by atoms with Crippen LogP contribution < -0.4 is 21.3 Å². The molecule has 0 unspecified atom stereocenters. The van der Waals surface area contributed by atoms with Crippen molar-refractivity contribution >= 4 is 35.3 Å². The number of carbonyl (C=O) groups is 3. The summed E-state index contributed by atoms with van der Waals surface area (Å²) in [6.45, 7) is 3.83. The summed E-state index contributed by atoms with van der Waals surface area (Å²) in [7, 11) is 0. The highest BCUT2D eigenvalue weighted by molar-refractivity contribution is 8.00. The second-order valence-electron chi connectivity index (χ2n) is 7.62. The first-order chi connectivity index (χ1) is 13.4. The minimum atomic E-state index is -0.117. The second-order valence-corrected chi connectivity index (χ2v) is 8.89. The monoisotopic (exact) mass is 404 g/mol. The summed E-state index contributed by atoms with van der Waals surface area (Å²) in [6.07, 6.45) is 3.24. The standard InChI is InChI=1S/C20H28N4O3S/c1-12(2)21-19(26)13-7-9-14(10-8-13)22-17(25)6-4-3-5-16-18-15(11-28-16)23-20(27)24-18/h7-10,12,15-16,18H,3-6,11H2,1-2H3,(H,21,26)(H,22,25)(H2,23,24,27)/t15-,16-,18-/m0/s1. The fraction of sp³-hybridized carbons (Fsp3) is 0.550. The number of unbranched alkanes of at least 4 members (excludes halogenated alkanes) is 1. The summed E-state index contributed by atoms with van der Waals surface area (Å²) in [5.74, 6) is 0.820. The molecule has 4 amide bonds. The van der Waals surface area contributed by atoms with Gasteiger partial charge in [-0.3, -0.25) is 9.59 Å². The fourth-order valence-electron chi connectivity index (χ4n) is 3.55. The smallest absolute Gasteiger partial charge is 0.315 e. The maximum absolute atomic E-state index is 12.1. The van der Waals surface area contributed by atoms with Crippen LogP contribution in [0.5, 0.6) is 0 Å². The van der Waals surface area contributed by atoms with Crippen LogP contribution in [0.2, 0.25) is 0 Å². The van der Waals surface area contributed by atoms with Gasteiger partial charge >= 0.3 is 6.03 Å². The molecule has 0 saturated carbocycles. The first-order valence-corrected chi connectivity index (χ1v) is 10.9. The van der Waals surface area contributed by atoms with Crippen LogP contribution >= 0.6 is 11.8 Å². The summed E-state index contributed by atoms with van der Waals surface area (Å²) < 4.78 is 0. The summed E-state index contributed by atoms with van der Waals surface area (Å²) >= 11 is 1.89. The third-order valence-corrected chi connectivity index (χ3v) is 6.44. The van der Waals surface area contributed by atoms with E-state index < -0.39 is 0 Å². The predicted molar refractivity (Wildman–Crippen MR) is 112 cm³/mol. The van der Waals surface area contributed by atoms with E-state index in [1.807, 2.05) is 25.6 Å². The van der Waals surface area contributed by atoms with Gasteiger partial charge in [0.05, 0.1) is 12.1 Å². The molecule has 3 rings (SSSR count). The minimum absolute atomic E-state index is 0.0211. The molecule has 1 aromatic rings. The Hall–Kier alpha value is -2.22. The van der Waals surface area contributed by atoms with Crippen LogP contribution in [0.25, 0.3) is 0 Å². The van der Waals surface area contributed by atoms with Crippen molar-refractivity contribution < 1.29 is 14.4 Å². The molecule has 2 heterocycles. The highest BCUT2D eigenvalue weighted by Crippen LogP contribution is 2.33. The molecule has 0 radical (unpaired) electrons.